The van der Waals surface area contributed by atoms with E-state index in [0.717, 1.165) is 44.1 Å². The number of nitrogens with zero attached hydrogens (tertiary/aromatic N) is 1. The third-order valence-corrected chi connectivity index (χ3v) is 7.09. The predicted molar refractivity (Wildman–Crippen MR) is 136 cm³/mol. The molecular formula is C28H35ClN2O4. The van der Waals surface area contributed by atoms with Crippen LogP contribution in [0.4, 0.5) is 4.79 Å². The van der Waals surface area contributed by atoms with Crippen molar-refractivity contribution in [2.75, 3.05) is 7.11 Å². The third-order valence-electron chi connectivity index (χ3n) is 6.79. The van der Waals surface area contributed by atoms with Crippen molar-refractivity contribution >= 4 is 23.5 Å². The second-order valence-electron chi connectivity index (χ2n) is 10.7. The second kappa shape index (κ2) is 10.6. The Morgan fingerprint density at radius 2 is 1.71 bits per heavy atom. The van der Waals surface area contributed by atoms with Crippen LogP contribution in [0.25, 0.3) is 0 Å². The number of carbonyl (C=O) groups is 2. The summed E-state index contributed by atoms with van der Waals surface area (Å²) in [6.07, 6.45) is 5.26. The van der Waals surface area contributed by atoms with Gasteiger partial charge in [0.1, 0.15) is 17.0 Å². The van der Waals surface area contributed by atoms with Crippen LogP contribution < -0.4 is 10.1 Å². The zero-order chi connectivity index (χ0) is 25.2. The summed E-state index contributed by atoms with van der Waals surface area (Å²) in [4.78, 5) is 30.4. The largest absolute Gasteiger partial charge is 0.495 e. The van der Waals surface area contributed by atoms with Crippen molar-refractivity contribution in [1.29, 1.82) is 0 Å². The lowest BCUT2D eigenvalue weighted by atomic mass is 9.76. The second-order valence-corrected chi connectivity index (χ2v) is 11.1. The number of ether oxygens (including phenoxy) is 2. The number of halogens is 1. The lowest BCUT2D eigenvalue weighted by Gasteiger charge is -2.28. The van der Waals surface area contributed by atoms with Gasteiger partial charge in [-0.1, -0.05) is 23.7 Å². The number of hydrogen-bond donors (Lipinski definition) is 1. The van der Waals surface area contributed by atoms with Crippen molar-refractivity contribution in [3.8, 4) is 5.75 Å². The molecule has 188 valence electrons. The Hall–Kier alpha value is -2.60. The van der Waals surface area contributed by atoms with Gasteiger partial charge in [0.25, 0.3) is 0 Å². The molecule has 1 amide bonds. The highest BCUT2D eigenvalue weighted by Gasteiger charge is 2.34. The molecule has 2 saturated carbocycles. The SMILES string of the molecule is COc1ccc(C2CCC(C(=O)c3nc(CNC(=O)OC(C)(C)C)ccc3C3CC3)CC2)cc1Cl. The first-order chi connectivity index (χ1) is 16.6. The van der Waals surface area contributed by atoms with Gasteiger partial charge in [0, 0.05) is 5.92 Å². The molecule has 4 rings (SSSR count). The van der Waals surface area contributed by atoms with Crippen LogP contribution in [0.1, 0.15) is 98.4 Å². The molecular weight excluding hydrogens is 464 g/mol. The van der Waals surface area contributed by atoms with Gasteiger partial charge in [0.2, 0.25) is 0 Å². The molecule has 1 aromatic carbocycles. The first-order valence-corrected chi connectivity index (χ1v) is 12.9. The topological polar surface area (TPSA) is 77.5 Å². The molecule has 2 aliphatic rings. The van der Waals surface area contributed by atoms with Crippen LogP contribution in [-0.4, -0.2) is 29.6 Å². The summed E-state index contributed by atoms with van der Waals surface area (Å²) < 4.78 is 10.6. The van der Waals surface area contributed by atoms with E-state index in [2.05, 4.69) is 11.4 Å². The number of alkyl carbamates (subject to hydrolysis) is 1. The molecule has 2 aromatic rings. The molecule has 0 saturated heterocycles. The first kappa shape index (κ1) is 25.5. The van der Waals surface area contributed by atoms with Crippen molar-refractivity contribution in [1.82, 2.24) is 10.3 Å². The molecule has 0 unspecified atom stereocenters. The number of Topliss-reactive ketones (excluding diaryl/α,β-unsaturated/α-hetero) is 1. The number of nitrogens with one attached hydrogen (secondary N) is 1. The van der Waals surface area contributed by atoms with Crippen LogP contribution in [0.3, 0.4) is 0 Å². The number of methoxy groups -OCH3 is 1. The Morgan fingerprint density at radius 1 is 1.03 bits per heavy atom. The van der Waals surface area contributed by atoms with Crippen LogP contribution in [0.2, 0.25) is 5.02 Å². The summed E-state index contributed by atoms with van der Waals surface area (Å²) in [5.41, 5.74) is 2.95. The van der Waals surface area contributed by atoms with Gasteiger partial charge >= 0.3 is 6.09 Å². The molecule has 1 N–H and O–H groups in total. The molecule has 6 nitrogen and oxygen atoms in total. The molecule has 35 heavy (non-hydrogen) atoms. The first-order valence-electron chi connectivity index (χ1n) is 12.5. The maximum absolute atomic E-state index is 13.6. The Morgan fingerprint density at radius 3 is 2.31 bits per heavy atom. The summed E-state index contributed by atoms with van der Waals surface area (Å²) >= 11 is 6.33. The Kier molecular flexibility index (Phi) is 7.70. The highest BCUT2D eigenvalue weighted by atomic mass is 35.5. The lowest BCUT2D eigenvalue weighted by Crippen LogP contribution is -2.32. The van der Waals surface area contributed by atoms with Crippen molar-refractivity contribution in [2.24, 2.45) is 5.92 Å². The number of aromatic nitrogens is 1. The number of ketones is 1. The average molecular weight is 499 g/mol. The Balaban J connectivity index is 1.42. The number of carbonyl (C=O) groups excluding carboxylic acids is 2. The molecule has 2 aliphatic carbocycles. The lowest BCUT2D eigenvalue weighted by molar-refractivity contribution is 0.0523. The minimum atomic E-state index is -0.565. The monoisotopic (exact) mass is 498 g/mol. The van der Waals surface area contributed by atoms with Crippen molar-refractivity contribution in [2.45, 2.75) is 83.3 Å². The Labute approximate surface area is 212 Å². The minimum absolute atomic E-state index is 0.0287. The molecule has 2 fully saturated rings. The van der Waals surface area contributed by atoms with Gasteiger partial charge in [-0.05, 0) is 100 Å². The van der Waals surface area contributed by atoms with Gasteiger partial charge in [0.15, 0.2) is 5.78 Å². The maximum atomic E-state index is 13.6. The number of hydrogen-bond acceptors (Lipinski definition) is 5. The molecule has 0 bridgehead atoms. The third kappa shape index (κ3) is 6.54. The molecule has 0 spiro atoms. The van der Waals surface area contributed by atoms with Crippen LogP contribution in [0.15, 0.2) is 30.3 Å². The van der Waals surface area contributed by atoms with Gasteiger partial charge < -0.3 is 14.8 Å². The highest BCUT2D eigenvalue weighted by Crippen LogP contribution is 2.43. The zero-order valence-electron chi connectivity index (χ0n) is 21.0. The normalized spacial score (nSPS) is 20.3. The summed E-state index contributed by atoms with van der Waals surface area (Å²) in [5.74, 6) is 1.60. The van der Waals surface area contributed by atoms with Gasteiger partial charge in [0.05, 0.1) is 24.4 Å². The molecule has 1 aromatic heterocycles. The smallest absolute Gasteiger partial charge is 0.407 e. The van der Waals surface area contributed by atoms with E-state index in [1.807, 2.05) is 45.0 Å². The van der Waals surface area contributed by atoms with E-state index in [-0.39, 0.29) is 18.2 Å². The fourth-order valence-corrected chi connectivity index (χ4v) is 5.09. The molecule has 0 aliphatic heterocycles. The molecule has 1 heterocycles. The van der Waals surface area contributed by atoms with E-state index in [1.165, 1.54) is 5.56 Å². The minimum Gasteiger partial charge on any atom is -0.495 e. The van der Waals surface area contributed by atoms with Crippen molar-refractivity contribution in [3.05, 3.63) is 57.9 Å². The summed E-state index contributed by atoms with van der Waals surface area (Å²) in [6, 6.07) is 9.91. The van der Waals surface area contributed by atoms with E-state index in [9.17, 15) is 9.59 Å². The maximum Gasteiger partial charge on any atom is 0.407 e. The number of pyridine rings is 1. The highest BCUT2D eigenvalue weighted by molar-refractivity contribution is 6.32. The van der Waals surface area contributed by atoms with Crippen LogP contribution in [-0.2, 0) is 11.3 Å². The summed E-state index contributed by atoms with van der Waals surface area (Å²) in [7, 11) is 1.62. The fourth-order valence-electron chi connectivity index (χ4n) is 4.83. The van der Waals surface area contributed by atoms with Crippen molar-refractivity contribution < 1.29 is 19.1 Å². The Bertz CT molecular complexity index is 1080. The van der Waals surface area contributed by atoms with Gasteiger partial charge in [-0.25, -0.2) is 9.78 Å². The van der Waals surface area contributed by atoms with Crippen LogP contribution in [0.5, 0.6) is 5.75 Å². The van der Waals surface area contributed by atoms with E-state index >= 15 is 0 Å². The van der Waals surface area contributed by atoms with Crippen LogP contribution >= 0.6 is 11.6 Å². The fraction of sp³-hybridized carbons (Fsp3) is 0.536. The quantitative estimate of drug-likeness (QED) is 0.424. The van der Waals surface area contributed by atoms with E-state index in [4.69, 9.17) is 26.1 Å². The van der Waals surface area contributed by atoms with Crippen molar-refractivity contribution in [3.63, 3.8) is 0 Å². The summed E-state index contributed by atoms with van der Waals surface area (Å²) in [5, 5.41) is 3.37. The summed E-state index contributed by atoms with van der Waals surface area (Å²) in [6.45, 7) is 5.70. The van der Waals surface area contributed by atoms with E-state index in [0.29, 0.717) is 34.0 Å². The standard InChI is InChI=1S/C28H35ClN2O4/c1-28(2,3)35-27(33)30-16-21-12-13-22(18-7-8-18)25(31-21)26(32)19-9-5-17(6-10-19)20-11-14-24(34-4)23(29)15-20/h11-15,17-19H,5-10,16H2,1-4H3,(H,30,33). The molecule has 0 radical (unpaired) electrons. The molecule has 0 atom stereocenters. The number of rotatable bonds is 7. The predicted octanol–water partition coefficient (Wildman–Crippen LogP) is 6.80. The molecule has 7 heteroatoms. The van der Waals surface area contributed by atoms with E-state index in [1.54, 1.807) is 7.11 Å². The van der Waals surface area contributed by atoms with Gasteiger partial charge in [-0.2, -0.15) is 0 Å². The zero-order valence-corrected chi connectivity index (χ0v) is 21.8. The van der Waals surface area contributed by atoms with Crippen LogP contribution in [0, 0.1) is 5.92 Å². The number of amides is 1. The van der Waals surface area contributed by atoms with Gasteiger partial charge in [-0.3, -0.25) is 4.79 Å². The van der Waals surface area contributed by atoms with E-state index < -0.39 is 11.7 Å². The van der Waals surface area contributed by atoms with Gasteiger partial charge in [-0.15, -0.1) is 0 Å². The number of benzene rings is 1. The average Bonchev–Trinajstić information content (AvgIpc) is 3.66.